The number of carbonyl (C=O) groups is 2. The van der Waals surface area contributed by atoms with Gasteiger partial charge in [0.25, 0.3) is 5.91 Å². The van der Waals surface area contributed by atoms with Crippen molar-refractivity contribution < 1.29 is 9.59 Å². The van der Waals surface area contributed by atoms with Gasteiger partial charge < -0.3 is 11.1 Å². The molecule has 2 aromatic rings. The van der Waals surface area contributed by atoms with E-state index in [2.05, 4.69) is 10.3 Å². The number of benzene rings is 1. The van der Waals surface area contributed by atoms with Gasteiger partial charge in [0.05, 0.1) is 11.6 Å². The zero-order valence-electron chi connectivity index (χ0n) is 11.3. The van der Waals surface area contributed by atoms with Crippen molar-refractivity contribution in [1.29, 1.82) is 0 Å². The quantitative estimate of drug-likeness (QED) is 0.827. The summed E-state index contributed by atoms with van der Waals surface area (Å²) in [4.78, 5) is 27.4. The fraction of sp³-hybridized carbons (Fsp3) is 0.214. The lowest BCUT2D eigenvalue weighted by Crippen LogP contribution is -2.42. The molecule has 0 spiro atoms. The van der Waals surface area contributed by atoms with Crippen molar-refractivity contribution in [3.8, 4) is 10.6 Å². The van der Waals surface area contributed by atoms with Crippen LogP contribution >= 0.6 is 22.9 Å². The molecule has 0 fully saturated rings. The lowest BCUT2D eigenvalue weighted by atomic mass is 10.1. The highest BCUT2D eigenvalue weighted by molar-refractivity contribution is 7.13. The van der Waals surface area contributed by atoms with Gasteiger partial charge in [-0.05, 0) is 19.1 Å². The third-order valence-electron chi connectivity index (χ3n) is 2.83. The fourth-order valence-corrected chi connectivity index (χ4v) is 2.69. The van der Waals surface area contributed by atoms with Gasteiger partial charge in [-0.1, -0.05) is 12.1 Å². The summed E-state index contributed by atoms with van der Waals surface area (Å²) in [5.41, 5.74) is 7.20. The number of thiazole rings is 1. The van der Waals surface area contributed by atoms with E-state index in [0.717, 1.165) is 16.3 Å². The molecule has 0 bridgehead atoms. The predicted molar refractivity (Wildman–Crippen MR) is 83.2 cm³/mol. The molecule has 2 rings (SSSR count). The summed E-state index contributed by atoms with van der Waals surface area (Å²) < 4.78 is 0. The average Bonchev–Trinajstić information content (AvgIpc) is 2.96. The van der Waals surface area contributed by atoms with E-state index in [1.807, 2.05) is 11.4 Å². The number of nitrogens with two attached hydrogens (primary N) is 1. The molecule has 110 valence electrons. The summed E-state index contributed by atoms with van der Waals surface area (Å²) in [6.07, 6.45) is 0. The van der Waals surface area contributed by atoms with Crippen molar-refractivity contribution in [3.05, 3.63) is 40.9 Å². The van der Waals surface area contributed by atoms with Gasteiger partial charge in [-0.15, -0.1) is 22.9 Å². The summed E-state index contributed by atoms with van der Waals surface area (Å²) in [6.45, 7) is 1.54. The summed E-state index contributed by atoms with van der Waals surface area (Å²) >= 11 is 7.20. The van der Waals surface area contributed by atoms with E-state index in [-0.39, 0.29) is 5.91 Å². The Bertz CT molecular complexity index is 672. The second-order valence-corrected chi connectivity index (χ2v) is 5.58. The SMILES string of the molecule is CC(NC(=O)c1cccc(-c2nc(CCl)cs2)c1)C(N)=O. The van der Waals surface area contributed by atoms with E-state index in [9.17, 15) is 9.59 Å². The molecule has 0 radical (unpaired) electrons. The molecule has 1 aromatic heterocycles. The van der Waals surface area contributed by atoms with Crippen LogP contribution in [0.4, 0.5) is 0 Å². The largest absolute Gasteiger partial charge is 0.368 e. The molecule has 7 heteroatoms. The maximum absolute atomic E-state index is 12.0. The highest BCUT2D eigenvalue weighted by atomic mass is 35.5. The van der Waals surface area contributed by atoms with Gasteiger partial charge >= 0.3 is 0 Å². The number of nitrogens with one attached hydrogen (secondary N) is 1. The maximum Gasteiger partial charge on any atom is 0.251 e. The summed E-state index contributed by atoms with van der Waals surface area (Å²) in [6, 6.07) is 6.30. The van der Waals surface area contributed by atoms with E-state index in [1.165, 1.54) is 18.3 Å². The normalized spacial score (nSPS) is 11.9. The summed E-state index contributed by atoms with van der Waals surface area (Å²) in [7, 11) is 0. The van der Waals surface area contributed by atoms with Gasteiger partial charge in [0.2, 0.25) is 5.91 Å². The maximum atomic E-state index is 12.0. The smallest absolute Gasteiger partial charge is 0.251 e. The number of rotatable bonds is 5. The van der Waals surface area contributed by atoms with Crippen LogP contribution in [0.5, 0.6) is 0 Å². The number of amides is 2. The average molecular weight is 324 g/mol. The number of alkyl halides is 1. The molecule has 0 saturated carbocycles. The Hall–Kier alpha value is -1.92. The van der Waals surface area contributed by atoms with Crippen molar-refractivity contribution in [2.24, 2.45) is 5.73 Å². The van der Waals surface area contributed by atoms with Crippen molar-refractivity contribution in [1.82, 2.24) is 10.3 Å². The lowest BCUT2D eigenvalue weighted by Gasteiger charge is -2.10. The zero-order valence-corrected chi connectivity index (χ0v) is 12.9. The van der Waals surface area contributed by atoms with Gasteiger partial charge in [0.15, 0.2) is 0 Å². The molecule has 0 aliphatic heterocycles. The molecule has 5 nitrogen and oxygen atoms in total. The monoisotopic (exact) mass is 323 g/mol. The minimum Gasteiger partial charge on any atom is -0.368 e. The number of primary amides is 1. The minimum atomic E-state index is -0.719. The number of halogens is 1. The number of aromatic nitrogens is 1. The van der Waals surface area contributed by atoms with Gasteiger partial charge in [0.1, 0.15) is 11.0 Å². The zero-order chi connectivity index (χ0) is 15.4. The molecule has 3 N–H and O–H groups in total. The van der Waals surface area contributed by atoms with Crippen LogP contribution in [0.25, 0.3) is 10.6 Å². The standard InChI is InChI=1S/C14H14ClN3O2S/c1-8(12(16)19)17-13(20)9-3-2-4-10(5-9)14-18-11(6-15)7-21-14/h2-5,7-8H,6H2,1H3,(H2,16,19)(H,17,20). The number of hydrogen-bond acceptors (Lipinski definition) is 4. The van der Waals surface area contributed by atoms with Crippen LogP contribution in [-0.4, -0.2) is 22.8 Å². The Morgan fingerprint density at radius 2 is 2.24 bits per heavy atom. The Kier molecular flexibility index (Phi) is 4.93. The Morgan fingerprint density at radius 3 is 2.86 bits per heavy atom. The molecule has 0 aliphatic rings. The van der Waals surface area contributed by atoms with E-state index in [4.69, 9.17) is 17.3 Å². The highest BCUT2D eigenvalue weighted by Crippen LogP contribution is 2.25. The Balaban J connectivity index is 2.21. The van der Waals surface area contributed by atoms with E-state index >= 15 is 0 Å². The molecule has 2 amide bonds. The molecule has 21 heavy (non-hydrogen) atoms. The molecule has 1 unspecified atom stereocenters. The second-order valence-electron chi connectivity index (χ2n) is 4.46. The molecule has 1 atom stereocenters. The van der Waals surface area contributed by atoms with E-state index in [1.54, 1.807) is 18.2 Å². The summed E-state index contributed by atoms with van der Waals surface area (Å²) in [5, 5.41) is 5.21. The fourth-order valence-electron chi connectivity index (χ4n) is 1.65. The van der Waals surface area contributed by atoms with Crippen LogP contribution in [0.2, 0.25) is 0 Å². The molecule has 1 heterocycles. The first-order valence-corrected chi connectivity index (χ1v) is 7.63. The lowest BCUT2D eigenvalue weighted by molar-refractivity contribution is -0.119. The van der Waals surface area contributed by atoms with Crippen LogP contribution in [0.1, 0.15) is 23.0 Å². The van der Waals surface area contributed by atoms with Crippen molar-refractivity contribution in [2.75, 3.05) is 0 Å². The van der Waals surface area contributed by atoms with Gasteiger partial charge in [-0.25, -0.2) is 4.98 Å². The third-order valence-corrected chi connectivity index (χ3v) is 4.05. The van der Waals surface area contributed by atoms with E-state index < -0.39 is 11.9 Å². The third kappa shape index (κ3) is 3.80. The van der Waals surface area contributed by atoms with Crippen LogP contribution in [0.15, 0.2) is 29.6 Å². The van der Waals surface area contributed by atoms with Crippen molar-refractivity contribution in [3.63, 3.8) is 0 Å². The van der Waals surface area contributed by atoms with Gasteiger partial charge in [-0.3, -0.25) is 9.59 Å². The Labute approximate surface area is 131 Å². The molecule has 0 aliphatic carbocycles. The van der Waals surface area contributed by atoms with Crippen LogP contribution in [0, 0.1) is 0 Å². The minimum absolute atomic E-state index is 0.350. The first kappa shape index (κ1) is 15.5. The van der Waals surface area contributed by atoms with Crippen LogP contribution in [0.3, 0.4) is 0 Å². The summed E-state index contributed by atoms with van der Waals surface area (Å²) in [5.74, 6) is -0.573. The molecule has 0 saturated heterocycles. The second kappa shape index (κ2) is 6.69. The van der Waals surface area contributed by atoms with Crippen LogP contribution < -0.4 is 11.1 Å². The first-order valence-electron chi connectivity index (χ1n) is 6.22. The predicted octanol–water partition coefficient (Wildman–Crippen LogP) is 2.15. The molecule has 1 aromatic carbocycles. The van der Waals surface area contributed by atoms with Gasteiger partial charge in [-0.2, -0.15) is 0 Å². The van der Waals surface area contributed by atoms with Crippen LogP contribution in [-0.2, 0) is 10.7 Å². The Morgan fingerprint density at radius 1 is 1.48 bits per heavy atom. The van der Waals surface area contributed by atoms with Crippen molar-refractivity contribution in [2.45, 2.75) is 18.8 Å². The highest BCUT2D eigenvalue weighted by Gasteiger charge is 2.14. The van der Waals surface area contributed by atoms with Crippen molar-refractivity contribution >= 4 is 34.8 Å². The number of carbonyl (C=O) groups excluding carboxylic acids is 2. The van der Waals surface area contributed by atoms with Gasteiger partial charge in [0, 0.05) is 16.5 Å². The molecular weight excluding hydrogens is 310 g/mol. The number of nitrogens with zero attached hydrogens (tertiary/aromatic N) is 1. The first-order chi connectivity index (χ1) is 10.0. The topological polar surface area (TPSA) is 85.1 Å². The van der Waals surface area contributed by atoms with E-state index in [0.29, 0.717) is 11.4 Å². The molecular formula is C14H14ClN3O2S. The number of hydrogen-bond donors (Lipinski definition) is 2.